The quantitative estimate of drug-likeness (QED) is 0.897. The number of piperidine rings is 1. The fourth-order valence-corrected chi connectivity index (χ4v) is 5.13. The molecule has 26 heavy (non-hydrogen) atoms. The van der Waals surface area contributed by atoms with E-state index in [1.807, 2.05) is 4.90 Å². The Balaban J connectivity index is 1.43. The van der Waals surface area contributed by atoms with Crippen molar-refractivity contribution in [3.8, 4) is 0 Å². The zero-order valence-electron chi connectivity index (χ0n) is 15.8. The van der Waals surface area contributed by atoms with E-state index in [4.69, 9.17) is 9.47 Å². The molecule has 3 fully saturated rings. The summed E-state index contributed by atoms with van der Waals surface area (Å²) in [5.41, 5.74) is 1.63. The van der Waals surface area contributed by atoms with Crippen molar-refractivity contribution in [1.82, 2.24) is 15.1 Å². The molecule has 1 aromatic rings. The number of H-pyrrole nitrogens is 1. The minimum Gasteiger partial charge on any atom is -0.378 e. The molecular weight excluding hydrogens is 330 g/mol. The third kappa shape index (κ3) is 3.29. The molecule has 1 saturated carbocycles. The van der Waals surface area contributed by atoms with Gasteiger partial charge in [0, 0.05) is 32.7 Å². The Labute approximate surface area is 155 Å². The Morgan fingerprint density at radius 1 is 1.23 bits per heavy atom. The second-order valence-electron chi connectivity index (χ2n) is 8.10. The van der Waals surface area contributed by atoms with Gasteiger partial charge in [-0.1, -0.05) is 19.3 Å². The molecule has 0 unspecified atom stereocenters. The molecule has 4 rings (SSSR count). The topological polar surface area (TPSA) is 67.5 Å². The predicted molar refractivity (Wildman–Crippen MR) is 98.3 cm³/mol. The molecular formula is C20H31N3O3. The average molecular weight is 361 g/mol. The maximum atomic E-state index is 13.1. The second kappa shape index (κ2) is 7.69. The van der Waals surface area contributed by atoms with Gasteiger partial charge in [0.25, 0.3) is 5.91 Å². The van der Waals surface area contributed by atoms with Gasteiger partial charge < -0.3 is 14.4 Å². The number of hydrogen-bond donors (Lipinski definition) is 1. The van der Waals surface area contributed by atoms with Crippen molar-refractivity contribution in [1.29, 1.82) is 0 Å². The first-order valence-corrected chi connectivity index (χ1v) is 10.2. The van der Waals surface area contributed by atoms with Crippen LogP contribution >= 0.6 is 0 Å². The summed E-state index contributed by atoms with van der Waals surface area (Å²) >= 11 is 0. The van der Waals surface area contributed by atoms with Crippen molar-refractivity contribution >= 4 is 5.91 Å². The molecule has 0 radical (unpaired) electrons. The van der Waals surface area contributed by atoms with E-state index in [0.717, 1.165) is 69.5 Å². The molecule has 6 heteroatoms. The molecule has 2 saturated heterocycles. The van der Waals surface area contributed by atoms with E-state index in [0.29, 0.717) is 5.92 Å². The number of ether oxygens (including phenoxy) is 2. The summed E-state index contributed by atoms with van der Waals surface area (Å²) in [4.78, 5) is 15.1. The standard InChI is InChI=1S/C20H31N3O3/c1-25-17-8-5-13-26-20(17)9-11-23(12-10-20)19(24)16-14-21-22-18(16)15-6-3-2-4-7-15/h14-15,17H,2-13H2,1H3,(H,21,22)/t17-/m1/s1. The lowest BCUT2D eigenvalue weighted by Crippen LogP contribution is -2.56. The molecule has 2 aliphatic heterocycles. The van der Waals surface area contributed by atoms with Crippen LogP contribution < -0.4 is 0 Å². The number of aromatic amines is 1. The number of aromatic nitrogens is 2. The fraction of sp³-hybridized carbons (Fsp3) is 0.800. The number of methoxy groups -OCH3 is 1. The molecule has 1 amide bonds. The minimum absolute atomic E-state index is 0.124. The fourth-order valence-electron chi connectivity index (χ4n) is 5.13. The Hall–Kier alpha value is -1.40. The first kappa shape index (κ1) is 18.0. The average Bonchev–Trinajstić information content (AvgIpc) is 3.19. The highest BCUT2D eigenvalue weighted by molar-refractivity contribution is 5.95. The van der Waals surface area contributed by atoms with Crippen LogP contribution in [0.2, 0.25) is 0 Å². The summed E-state index contributed by atoms with van der Waals surface area (Å²) in [7, 11) is 1.78. The summed E-state index contributed by atoms with van der Waals surface area (Å²) < 4.78 is 11.9. The first-order chi connectivity index (χ1) is 12.7. The van der Waals surface area contributed by atoms with Crippen LogP contribution in [-0.4, -0.2) is 59.5 Å². The minimum atomic E-state index is -0.202. The first-order valence-electron chi connectivity index (χ1n) is 10.2. The highest BCUT2D eigenvalue weighted by atomic mass is 16.5. The highest BCUT2D eigenvalue weighted by Gasteiger charge is 2.45. The third-order valence-corrected chi connectivity index (χ3v) is 6.68. The Bertz CT molecular complexity index is 616. The third-order valence-electron chi connectivity index (χ3n) is 6.68. The lowest BCUT2D eigenvalue weighted by molar-refractivity contribution is -0.183. The lowest BCUT2D eigenvalue weighted by atomic mass is 9.81. The largest absolute Gasteiger partial charge is 0.378 e. The lowest BCUT2D eigenvalue weighted by Gasteiger charge is -2.48. The van der Waals surface area contributed by atoms with Gasteiger partial charge in [-0.2, -0.15) is 5.10 Å². The molecule has 0 aromatic carbocycles. The monoisotopic (exact) mass is 361 g/mol. The van der Waals surface area contributed by atoms with Crippen LogP contribution in [0.15, 0.2) is 6.20 Å². The number of amides is 1. The second-order valence-corrected chi connectivity index (χ2v) is 8.10. The molecule has 6 nitrogen and oxygen atoms in total. The summed E-state index contributed by atoms with van der Waals surface area (Å²) in [5.74, 6) is 0.583. The van der Waals surface area contributed by atoms with Gasteiger partial charge in [0.1, 0.15) is 0 Å². The molecule has 1 aliphatic carbocycles. The number of rotatable bonds is 3. The summed E-state index contributed by atoms with van der Waals surface area (Å²) in [6, 6.07) is 0. The van der Waals surface area contributed by atoms with Gasteiger partial charge in [0.2, 0.25) is 0 Å². The van der Waals surface area contributed by atoms with Crippen LogP contribution in [0.4, 0.5) is 0 Å². The van der Waals surface area contributed by atoms with Crippen molar-refractivity contribution in [2.24, 2.45) is 0 Å². The number of carbonyl (C=O) groups is 1. The van der Waals surface area contributed by atoms with E-state index in [1.165, 1.54) is 19.3 Å². The number of hydrogen-bond acceptors (Lipinski definition) is 4. The van der Waals surface area contributed by atoms with Crippen molar-refractivity contribution in [3.63, 3.8) is 0 Å². The van der Waals surface area contributed by atoms with Crippen LogP contribution in [0.1, 0.15) is 79.8 Å². The Morgan fingerprint density at radius 3 is 2.73 bits per heavy atom. The Kier molecular flexibility index (Phi) is 5.32. The van der Waals surface area contributed by atoms with E-state index in [-0.39, 0.29) is 17.6 Å². The number of carbonyl (C=O) groups excluding carboxylic acids is 1. The molecule has 1 aromatic heterocycles. The van der Waals surface area contributed by atoms with Crippen LogP contribution in [0, 0.1) is 0 Å². The van der Waals surface area contributed by atoms with Gasteiger partial charge in [-0.3, -0.25) is 9.89 Å². The van der Waals surface area contributed by atoms with Crippen molar-refractivity contribution in [2.75, 3.05) is 26.8 Å². The summed E-state index contributed by atoms with van der Waals surface area (Å²) in [6.07, 6.45) is 11.8. The molecule has 144 valence electrons. The van der Waals surface area contributed by atoms with E-state index in [2.05, 4.69) is 10.2 Å². The van der Waals surface area contributed by atoms with Crippen molar-refractivity contribution < 1.29 is 14.3 Å². The maximum absolute atomic E-state index is 13.1. The normalized spacial score (nSPS) is 27.0. The van der Waals surface area contributed by atoms with Gasteiger partial charge >= 0.3 is 0 Å². The van der Waals surface area contributed by atoms with E-state index in [1.54, 1.807) is 13.3 Å². The SMILES string of the molecule is CO[C@@H]1CCCOC12CCN(C(=O)c1cn[nH]c1C1CCCCC1)CC2. The zero-order valence-corrected chi connectivity index (χ0v) is 15.8. The van der Waals surface area contributed by atoms with Gasteiger partial charge in [0.05, 0.1) is 29.2 Å². The van der Waals surface area contributed by atoms with E-state index < -0.39 is 0 Å². The van der Waals surface area contributed by atoms with Gasteiger partial charge in [-0.15, -0.1) is 0 Å². The van der Waals surface area contributed by atoms with Gasteiger partial charge in [-0.05, 0) is 38.5 Å². The highest BCUT2D eigenvalue weighted by Crippen LogP contribution is 2.38. The molecule has 1 N–H and O–H groups in total. The van der Waals surface area contributed by atoms with Crippen molar-refractivity contribution in [3.05, 3.63) is 17.5 Å². The van der Waals surface area contributed by atoms with E-state index in [9.17, 15) is 4.79 Å². The zero-order chi connectivity index (χ0) is 18.0. The predicted octanol–water partition coefficient (Wildman–Crippen LogP) is 3.26. The maximum Gasteiger partial charge on any atom is 0.257 e. The van der Waals surface area contributed by atoms with Crippen LogP contribution in [0.25, 0.3) is 0 Å². The van der Waals surface area contributed by atoms with Gasteiger partial charge in [0.15, 0.2) is 0 Å². The number of nitrogens with zero attached hydrogens (tertiary/aromatic N) is 2. The molecule has 0 bridgehead atoms. The number of nitrogens with one attached hydrogen (secondary N) is 1. The Morgan fingerprint density at radius 2 is 2.00 bits per heavy atom. The van der Waals surface area contributed by atoms with Gasteiger partial charge in [-0.25, -0.2) is 0 Å². The molecule has 1 spiro atoms. The van der Waals surface area contributed by atoms with E-state index >= 15 is 0 Å². The summed E-state index contributed by atoms with van der Waals surface area (Å²) in [5, 5.41) is 7.33. The molecule has 3 aliphatic rings. The smallest absolute Gasteiger partial charge is 0.257 e. The number of likely N-dealkylation sites (tertiary alicyclic amines) is 1. The molecule has 1 atom stereocenters. The van der Waals surface area contributed by atoms with Crippen LogP contribution in [0.5, 0.6) is 0 Å². The van der Waals surface area contributed by atoms with Crippen LogP contribution in [0.3, 0.4) is 0 Å². The summed E-state index contributed by atoms with van der Waals surface area (Å²) in [6.45, 7) is 2.27. The molecule has 3 heterocycles. The van der Waals surface area contributed by atoms with Crippen LogP contribution in [-0.2, 0) is 9.47 Å². The van der Waals surface area contributed by atoms with Crippen molar-refractivity contribution in [2.45, 2.75) is 75.4 Å².